The second kappa shape index (κ2) is 10.0. The van der Waals surface area contributed by atoms with Gasteiger partial charge in [0.2, 0.25) is 0 Å². The third-order valence-electron chi connectivity index (χ3n) is 4.65. The highest BCUT2D eigenvalue weighted by atomic mass is 19.4. The van der Waals surface area contributed by atoms with Crippen molar-refractivity contribution >= 4 is 29.3 Å². The number of nitrogens with zero attached hydrogens (tertiary/aromatic N) is 4. The van der Waals surface area contributed by atoms with Gasteiger partial charge in [-0.2, -0.15) is 13.2 Å². The molecule has 33 heavy (non-hydrogen) atoms. The van der Waals surface area contributed by atoms with Gasteiger partial charge in [-0.3, -0.25) is 4.57 Å². The number of aliphatic carboxylic acids is 1. The Kier molecular flexibility index (Phi) is 7.38. The van der Waals surface area contributed by atoms with Crippen LogP contribution in [0, 0.1) is 0 Å². The molecule has 0 radical (unpaired) electrons. The van der Waals surface area contributed by atoms with E-state index in [-0.39, 0.29) is 6.61 Å². The fourth-order valence-electron chi connectivity index (χ4n) is 3.03. The summed E-state index contributed by atoms with van der Waals surface area (Å²) >= 11 is 0. The molecule has 4 atom stereocenters. The number of hydrogen-bond acceptors (Lipinski definition) is 8. The summed E-state index contributed by atoms with van der Waals surface area (Å²) in [4.78, 5) is 21.7. The fraction of sp³-hybridized carbons (Fsp3) is 0.300. The number of rotatable bonds is 4. The van der Waals surface area contributed by atoms with Crippen LogP contribution < -0.4 is 0 Å². The molecule has 1 aliphatic rings. The lowest BCUT2D eigenvalue weighted by Crippen LogP contribution is -2.33. The van der Waals surface area contributed by atoms with E-state index in [1.54, 1.807) is 4.57 Å². The van der Waals surface area contributed by atoms with Gasteiger partial charge < -0.3 is 25.2 Å². The average molecular weight is 468 g/mol. The van der Waals surface area contributed by atoms with Crippen LogP contribution in [0.15, 0.2) is 43.0 Å². The number of benzene rings is 1. The Hall–Kier alpha value is -3.39. The van der Waals surface area contributed by atoms with Crippen LogP contribution in [0.2, 0.25) is 0 Å². The molecule has 176 valence electrons. The van der Waals surface area contributed by atoms with Gasteiger partial charge in [-0.25, -0.2) is 19.7 Å². The Labute approximate surface area is 184 Å². The number of imidazole rings is 1. The van der Waals surface area contributed by atoms with E-state index in [9.17, 15) is 28.5 Å². The van der Waals surface area contributed by atoms with E-state index in [0.717, 1.165) is 5.56 Å². The summed E-state index contributed by atoms with van der Waals surface area (Å²) in [6.07, 6.45) is -2.53. The first-order chi connectivity index (χ1) is 15.6. The molecule has 4 N–H and O–H groups in total. The third kappa shape index (κ3) is 5.51. The van der Waals surface area contributed by atoms with Gasteiger partial charge in [0.15, 0.2) is 11.9 Å². The standard InChI is InChI=1S/C18H18N4O4.C2HF3O2/c23-8-13-15(24)16(25)18(26-13)22-10-21-14-12(19-9-20-17(14)22)7-6-11-4-2-1-3-5-11;3-2(4,5)1(6)7/h1-7,9-10,13,15-16,18,23-25H,8H2;(H,6,7)/t13-,15-,16-,18-;/m1./s1. The Bertz CT molecular complexity index is 1120. The van der Waals surface area contributed by atoms with Gasteiger partial charge in [0, 0.05) is 0 Å². The van der Waals surface area contributed by atoms with Crippen LogP contribution in [0.1, 0.15) is 17.5 Å². The van der Waals surface area contributed by atoms with Crippen molar-refractivity contribution in [3.05, 3.63) is 54.2 Å². The quantitative estimate of drug-likeness (QED) is 0.443. The van der Waals surface area contributed by atoms with Crippen LogP contribution >= 0.6 is 0 Å². The van der Waals surface area contributed by atoms with E-state index in [2.05, 4.69) is 15.0 Å². The van der Waals surface area contributed by atoms with Gasteiger partial charge in [0.1, 0.15) is 30.2 Å². The lowest BCUT2D eigenvalue weighted by molar-refractivity contribution is -0.192. The highest BCUT2D eigenvalue weighted by molar-refractivity contribution is 5.84. The summed E-state index contributed by atoms with van der Waals surface area (Å²) in [7, 11) is 0. The maximum absolute atomic E-state index is 10.6. The maximum Gasteiger partial charge on any atom is 0.490 e. The molecular formula is C20H19F3N4O6. The van der Waals surface area contributed by atoms with Crippen LogP contribution in [-0.4, -0.2) is 77.0 Å². The third-order valence-corrected chi connectivity index (χ3v) is 4.65. The maximum atomic E-state index is 10.6. The van der Waals surface area contributed by atoms with Crippen molar-refractivity contribution in [2.45, 2.75) is 30.7 Å². The van der Waals surface area contributed by atoms with E-state index < -0.39 is 36.7 Å². The van der Waals surface area contributed by atoms with Gasteiger partial charge >= 0.3 is 12.1 Å². The Morgan fingerprint density at radius 2 is 1.76 bits per heavy atom. The second-order valence-electron chi connectivity index (χ2n) is 6.86. The average Bonchev–Trinajstić information content (AvgIpc) is 3.34. The van der Waals surface area contributed by atoms with Crippen molar-refractivity contribution in [2.75, 3.05) is 6.61 Å². The molecule has 1 saturated heterocycles. The highest BCUT2D eigenvalue weighted by Gasteiger charge is 2.44. The minimum absolute atomic E-state index is 0.387. The molecular weight excluding hydrogens is 449 g/mol. The molecule has 0 bridgehead atoms. The normalized spacial score (nSPS) is 23.0. The molecule has 4 rings (SSSR count). The first-order valence-electron chi connectivity index (χ1n) is 9.46. The first kappa shape index (κ1) is 24.3. The van der Waals surface area contributed by atoms with Crippen LogP contribution in [-0.2, 0) is 9.53 Å². The largest absolute Gasteiger partial charge is 0.490 e. The minimum atomic E-state index is -5.08. The summed E-state index contributed by atoms with van der Waals surface area (Å²) in [6, 6.07) is 9.81. The van der Waals surface area contributed by atoms with Crippen LogP contribution in [0.3, 0.4) is 0 Å². The second-order valence-corrected chi connectivity index (χ2v) is 6.86. The van der Waals surface area contributed by atoms with Crippen molar-refractivity contribution < 1.29 is 43.1 Å². The molecule has 10 nitrogen and oxygen atoms in total. The van der Waals surface area contributed by atoms with E-state index in [0.29, 0.717) is 16.9 Å². The minimum Gasteiger partial charge on any atom is -0.475 e. The monoisotopic (exact) mass is 468 g/mol. The summed E-state index contributed by atoms with van der Waals surface area (Å²) < 4.78 is 38.8. The van der Waals surface area contributed by atoms with Gasteiger partial charge in [-0.05, 0) is 11.6 Å². The van der Waals surface area contributed by atoms with Crippen molar-refractivity contribution in [1.29, 1.82) is 0 Å². The zero-order valence-corrected chi connectivity index (χ0v) is 16.7. The molecule has 0 saturated carbocycles. The molecule has 0 spiro atoms. The van der Waals surface area contributed by atoms with Crippen LogP contribution in [0.5, 0.6) is 0 Å². The number of aliphatic hydroxyl groups excluding tert-OH is 3. The van der Waals surface area contributed by atoms with Crippen molar-refractivity contribution in [3.63, 3.8) is 0 Å². The predicted molar refractivity (Wildman–Crippen MR) is 107 cm³/mol. The Balaban J connectivity index is 0.000000383. The zero-order chi connectivity index (χ0) is 24.2. The number of aromatic nitrogens is 4. The molecule has 0 amide bonds. The van der Waals surface area contributed by atoms with Crippen molar-refractivity contribution in [3.8, 4) is 0 Å². The number of halogens is 3. The van der Waals surface area contributed by atoms with Crippen molar-refractivity contribution in [2.24, 2.45) is 0 Å². The molecule has 1 aliphatic heterocycles. The van der Waals surface area contributed by atoms with Gasteiger partial charge in [0.25, 0.3) is 0 Å². The lowest BCUT2D eigenvalue weighted by Gasteiger charge is -2.16. The summed E-state index contributed by atoms with van der Waals surface area (Å²) in [5.74, 6) is -2.76. The number of aliphatic hydroxyl groups is 3. The van der Waals surface area contributed by atoms with Gasteiger partial charge in [-0.1, -0.05) is 36.4 Å². The number of hydrogen-bond donors (Lipinski definition) is 4. The van der Waals surface area contributed by atoms with Crippen LogP contribution in [0.4, 0.5) is 13.2 Å². The highest BCUT2D eigenvalue weighted by Crippen LogP contribution is 2.31. The van der Waals surface area contributed by atoms with Crippen molar-refractivity contribution in [1.82, 2.24) is 19.5 Å². The van der Waals surface area contributed by atoms with Gasteiger partial charge in [0.05, 0.1) is 18.6 Å². The Morgan fingerprint density at radius 1 is 1.09 bits per heavy atom. The molecule has 3 aromatic rings. The summed E-state index contributed by atoms with van der Waals surface area (Å²) in [5.41, 5.74) is 2.69. The number of carboxylic acids is 1. The van der Waals surface area contributed by atoms with E-state index >= 15 is 0 Å². The molecule has 1 fully saturated rings. The molecule has 0 aliphatic carbocycles. The fourth-order valence-corrected chi connectivity index (χ4v) is 3.03. The molecule has 3 heterocycles. The molecule has 13 heteroatoms. The van der Waals surface area contributed by atoms with Crippen LogP contribution in [0.25, 0.3) is 23.3 Å². The predicted octanol–water partition coefficient (Wildman–Crippen LogP) is 1.24. The zero-order valence-electron chi connectivity index (χ0n) is 16.7. The van der Waals surface area contributed by atoms with E-state index in [1.807, 2.05) is 42.5 Å². The molecule has 1 aromatic carbocycles. The number of carboxylic acid groups (broad SMARTS) is 1. The smallest absolute Gasteiger partial charge is 0.475 e. The number of alkyl halides is 3. The van der Waals surface area contributed by atoms with E-state index in [1.165, 1.54) is 12.7 Å². The Morgan fingerprint density at radius 3 is 2.33 bits per heavy atom. The summed E-state index contributed by atoms with van der Waals surface area (Å²) in [6.45, 7) is -0.387. The number of fused-ring (bicyclic) bond motifs is 1. The van der Waals surface area contributed by atoms with E-state index in [4.69, 9.17) is 14.6 Å². The molecule has 2 aromatic heterocycles. The lowest BCUT2D eigenvalue weighted by atomic mass is 10.1. The number of carbonyl (C=O) groups is 1. The molecule has 0 unspecified atom stereocenters. The SMILES string of the molecule is O=C(O)C(F)(F)F.OC[C@H]1O[C@@H](n2cnc3c(C=Cc4ccccc4)ncnc32)[C@H](O)[C@@H]1O. The first-order valence-corrected chi connectivity index (χ1v) is 9.46. The summed E-state index contributed by atoms with van der Waals surface area (Å²) in [5, 5.41) is 36.5. The topological polar surface area (TPSA) is 151 Å². The van der Waals surface area contributed by atoms with Gasteiger partial charge in [-0.15, -0.1) is 0 Å². The number of ether oxygens (including phenoxy) is 1.